The minimum Gasteiger partial charge on any atom is -0.256 e. The van der Waals surface area contributed by atoms with Gasteiger partial charge in [-0.05, 0) is 68.1 Å². The topological polar surface area (TPSA) is 49.7 Å². The molecule has 2 atom stereocenters. The number of rotatable bonds is 8. The third-order valence-corrected chi connectivity index (χ3v) is 13.9. The summed E-state index contributed by atoms with van der Waals surface area (Å²) in [6.45, 7) is 0. The predicted molar refractivity (Wildman–Crippen MR) is 227 cm³/mol. The summed E-state index contributed by atoms with van der Waals surface area (Å²) in [5.41, 5.74) is 4.70. The van der Waals surface area contributed by atoms with Crippen molar-refractivity contribution < 1.29 is 8.42 Å². The average molecular weight is 737 g/mol. The van der Waals surface area contributed by atoms with Gasteiger partial charge in [0.1, 0.15) is 11.9 Å². The molecule has 0 radical (unpaired) electrons. The summed E-state index contributed by atoms with van der Waals surface area (Å²) < 4.78 is 30.2. The normalized spacial score (nSPS) is 15.9. The van der Waals surface area contributed by atoms with Crippen molar-refractivity contribution >= 4 is 61.2 Å². The Hall–Kier alpha value is -5.87. The second kappa shape index (κ2) is 14.2. The summed E-state index contributed by atoms with van der Waals surface area (Å²) in [7, 11) is -4.88. The lowest BCUT2D eigenvalue weighted by Gasteiger charge is -2.30. The van der Waals surface area contributed by atoms with Gasteiger partial charge < -0.3 is 0 Å². The van der Waals surface area contributed by atoms with Crippen LogP contribution in [0.1, 0.15) is 28.8 Å². The largest absolute Gasteiger partial charge is 0.256 e. The Balaban J connectivity index is 1.40. The van der Waals surface area contributed by atoms with Crippen LogP contribution in [0, 0.1) is 0 Å². The highest BCUT2D eigenvalue weighted by Gasteiger charge is 2.44. The zero-order chi connectivity index (χ0) is 36.6. The van der Waals surface area contributed by atoms with Crippen LogP contribution in [0.4, 0.5) is 0 Å². The van der Waals surface area contributed by atoms with Gasteiger partial charge in [-0.25, -0.2) is 12.7 Å². The van der Waals surface area contributed by atoms with Crippen molar-refractivity contribution in [1.82, 2.24) is 4.31 Å². The van der Waals surface area contributed by atoms with Crippen LogP contribution in [0.3, 0.4) is 0 Å². The number of amidine groups is 1. The Morgan fingerprint density at radius 3 is 1.52 bits per heavy atom. The molecule has 4 nitrogen and oxygen atoms in total. The number of hydrogen-bond acceptors (Lipinski definition) is 3. The fourth-order valence-corrected chi connectivity index (χ4v) is 11.5. The number of hydrogen-bond donors (Lipinski definition) is 0. The van der Waals surface area contributed by atoms with Gasteiger partial charge in [0.15, 0.2) is 0 Å². The monoisotopic (exact) mass is 736 g/mol. The van der Waals surface area contributed by atoms with Crippen molar-refractivity contribution in [1.29, 1.82) is 0 Å². The molecule has 8 aromatic rings. The number of fused-ring (bicyclic) bond motifs is 2. The standard InChI is InChI=1S/C48H37N2O2PS/c1-54(51,52)50-47(37-22-8-3-9-23-37)46(36-20-6-2-7-21-36)49-48(50)42-32-30-34-18-14-16-28-40(34)44(42)45-41-29-17-15-19-35(41)31-33-43(45)53(38-24-10-4-11-25-38)39-26-12-5-13-27-39/h2-33,46-47H,1H3/t46-,47+/m1/s1. The third kappa shape index (κ3) is 6.10. The lowest BCUT2D eigenvalue weighted by Crippen LogP contribution is -2.37. The highest BCUT2D eigenvalue weighted by molar-refractivity contribution is 7.89. The van der Waals surface area contributed by atoms with Crippen molar-refractivity contribution in [2.24, 2.45) is 4.99 Å². The molecular weight excluding hydrogens is 700 g/mol. The summed E-state index contributed by atoms with van der Waals surface area (Å²) in [6, 6.07) is 66.1. The maximum Gasteiger partial charge on any atom is 0.234 e. The SMILES string of the molecule is CS(=O)(=O)N1C(c2ccc3ccccc3c2-c2c(P(c3ccccc3)c3ccccc3)ccc3ccccc23)=N[C@H](c2ccccc2)[C@@H]1c1ccccc1. The van der Waals surface area contributed by atoms with Crippen molar-refractivity contribution in [2.75, 3.05) is 6.26 Å². The van der Waals surface area contributed by atoms with Gasteiger partial charge in [0.2, 0.25) is 10.0 Å². The lowest BCUT2D eigenvalue weighted by molar-refractivity contribution is 0.423. The first kappa shape index (κ1) is 33.9. The van der Waals surface area contributed by atoms with Gasteiger partial charge in [0, 0.05) is 11.1 Å². The Labute approximate surface area is 317 Å². The molecule has 54 heavy (non-hydrogen) atoms. The van der Waals surface area contributed by atoms with E-state index in [-0.39, 0.29) is 0 Å². The van der Waals surface area contributed by atoms with E-state index < -0.39 is 30.0 Å². The molecule has 9 rings (SSSR count). The molecule has 8 aromatic carbocycles. The summed E-state index contributed by atoms with van der Waals surface area (Å²) in [6.07, 6.45) is 1.31. The quantitative estimate of drug-likeness (QED) is 0.146. The van der Waals surface area contributed by atoms with Crippen molar-refractivity contribution in [2.45, 2.75) is 12.1 Å². The Morgan fingerprint density at radius 1 is 0.500 bits per heavy atom. The molecule has 0 unspecified atom stereocenters. The average Bonchev–Trinajstić information content (AvgIpc) is 3.64. The zero-order valence-corrected chi connectivity index (χ0v) is 31.4. The molecule has 0 fully saturated rings. The molecule has 262 valence electrons. The molecule has 0 bridgehead atoms. The molecular formula is C48H37N2O2PS. The van der Waals surface area contributed by atoms with Gasteiger partial charge in [0.25, 0.3) is 0 Å². The summed E-state index contributed by atoms with van der Waals surface area (Å²) in [5.74, 6) is 0.448. The van der Waals surface area contributed by atoms with Crippen LogP contribution in [0.2, 0.25) is 0 Å². The number of nitrogens with zero attached hydrogens (tertiary/aromatic N) is 2. The molecule has 6 heteroatoms. The van der Waals surface area contributed by atoms with Gasteiger partial charge in [-0.2, -0.15) is 0 Å². The summed E-state index contributed by atoms with van der Waals surface area (Å²) >= 11 is 0. The molecule has 1 aliphatic heterocycles. The first-order valence-electron chi connectivity index (χ1n) is 18.1. The van der Waals surface area contributed by atoms with E-state index in [1.165, 1.54) is 22.2 Å². The first-order chi connectivity index (χ1) is 26.5. The van der Waals surface area contributed by atoms with Crippen molar-refractivity contribution in [3.8, 4) is 11.1 Å². The van der Waals surface area contributed by atoms with Crippen LogP contribution in [0.5, 0.6) is 0 Å². The van der Waals surface area contributed by atoms with Crippen LogP contribution in [0.15, 0.2) is 199 Å². The smallest absolute Gasteiger partial charge is 0.234 e. The maximum absolute atomic E-state index is 14.3. The minimum atomic E-state index is -3.84. The molecule has 0 spiro atoms. The first-order valence-corrected chi connectivity index (χ1v) is 21.3. The Kier molecular flexibility index (Phi) is 8.90. The molecule has 0 aromatic heterocycles. The second-order valence-electron chi connectivity index (χ2n) is 13.6. The highest BCUT2D eigenvalue weighted by atomic mass is 32.2. The molecule has 0 saturated carbocycles. The fourth-order valence-electron chi connectivity index (χ4n) is 7.96. The van der Waals surface area contributed by atoms with Crippen LogP contribution in [0.25, 0.3) is 32.7 Å². The van der Waals surface area contributed by atoms with Gasteiger partial charge >= 0.3 is 0 Å². The van der Waals surface area contributed by atoms with Crippen LogP contribution in [-0.2, 0) is 10.0 Å². The van der Waals surface area contributed by atoms with Crippen molar-refractivity contribution in [3.63, 3.8) is 0 Å². The molecule has 1 heterocycles. The minimum absolute atomic E-state index is 0.448. The molecule has 0 aliphatic carbocycles. The van der Waals surface area contributed by atoms with Crippen LogP contribution in [-0.4, -0.2) is 24.8 Å². The molecule has 0 amide bonds. The van der Waals surface area contributed by atoms with E-state index in [0.717, 1.165) is 49.4 Å². The zero-order valence-electron chi connectivity index (χ0n) is 29.7. The van der Waals surface area contributed by atoms with E-state index in [1.54, 1.807) is 4.31 Å². The molecule has 1 aliphatic rings. The van der Waals surface area contributed by atoms with E-state index >= 15 is 0 Å². The van der Waals surface area contributed by atoms with Crippen molar-refractivity contribution in [3.05, 3.63) is 211 Å². The van der Waals surface area contributed by atoms with E-state index in [9.17, 15) is 8.42 Å². The Morgan fingerprint density at radius 2 is 0.963 bits per heavy atom. The van der Waals surface area contributed by atoms with Crippen LogP contribution < -0.4 is 15.9 Å². The fraction of sp³-hybridized carbons (Fsp3) is 0.0625. The van der Waals surface area contributed by atoms with E-state index in [2.05, 4.69) is 133 Å². The third-order valence-electron chi connectivity index (χ3n) is 10.3. The number of sulfonamides is 1. The maximum atomic E-state index is 14.3. The van der Waals surface area contributed by atoms with Gasteiger partial charge in [-0.3, -0.25) is 4.99 Å². The lowest BCUT2D eigenvalue weighted by atomic mass is 9.89. The summed E-state index contributed by atoms with van der Waals surface area (Å²) in [4.78, 5) is 5.47. The predicted octanol–water partition coefficient (Wildman–Crippen LogP) is 9.92. The molecule has 0 saturated heterocycles. The second-order valence-corrected chi connectivity index (χ2v) is 17.7. The van der Waals surface area contributed by atoms with Gasteiger partial charge in [0.05, 0.1) is 12.3 Å². The van der Waals surface area contributed by atoms with E-state index in [0.29, 0.717) is 5.84 Å². The Bertz CT molecular complexity index is 2720. The van der Waals surface area contributed by atoms with Crippen LogP contribution >= 0.6 is 7.92 Å². The van der Waals surface area contributed by atoms with Gasteiger partial charge in [-0.15, -0.1) is 0 Å². The van der Waals surface area contributed by atoms with Gasteiger partial charge in [-0.1, -0.05) is 188 Å². The highest BCUT2D eigenvalue weighted by Crippen LogP contribution is 2.48. The van der Waals surface area contributed by atoms with E-state index in [1.807, 2.05) is 60.7 Å². The summed E-state index contributed by atoms with van der Waals surface area (Å²) in [5, 5.41) is 8.01. The number of benzene rings is 8. The number of aliphatic imine (C=N–C) groups is 1. The molecule has 0 N–H and O–H groups in total. The van der Waals surface area contributed by atoms with E-state index in [4.69, 9.17) is 4.99 Å².